The lowest BCUT2D eigenvalue weighted by Gasteiger charge is -2.23. The summed E-state index contributed by atoms with van der Waals surface area (Å²) in [6.07, 6.45) is 23.4. The quantitative estimate of drug-likeness (QED) is 0.227. The molecule has 166 valence electrons. The van der Waals surface area contributed by atoms with E-state index in [0.29, 0.717) is 6.54 Å². The van der Waals surface area contributed by atoms with Crippen LogP contribution in [-0.4, -0.2) is 23.5 Å². The number of fused-ring (bicyclic) bond motifs is 2. The highest BCUT2D eigenvalue weighted by atomic mass is 16.4. The molecule has 1 saturated carbocycles. The van der Waals surface area contributed by atoms with Gasteiger partial charge in [-0.25, -0.2) is 0 Å². The van der Waals surface area contributed by atoms with Gasteiger partial charge in [0.2, 0.25) is 5.91 Å². The number of nitrogens with one attached hydrogen (secondary N) is 1. The lowest BCUT2D eigenvalue weighted by molar-refractivity contribution is -0.147. The van der Waals surface area contributed by atoms with Crippen LogP contribution in [0.15, 0.2) is 12.2 Å². The van der Waals surface area contributed by atoms with Crippen LogP contribution in [-0.2, 0) is 9.59 Å². The molecule has 0 spiro atoms. The Morgan fingerprint density at radius 2 is 1.21 bits per heavy atom. The molecule has 0 saturated heterocycles. The van der Waals surface area contributed by atoms with Crippen LogP contribution >= 0.6 is 0 Å². The summed E-state index contributed by atoms with van der Waals surface area (Å²) in [6, 6.07) is 0. The Morgan fingerprint density at radius 1 is 0.759 bits per heavy atom. The van der Waals surface area contributed by atoms with Gasteiger partial charge in [0, 0.05) is 6.54 Å². The molecule has 1 amide bonds. The molecule has 0 unspecified atom stereocenters. The van der Waals surface area contributed by atoms with Crippen molar-refractivity contribution in [2.75, 3.05) is 6.54 Å². The van der Waals surface area contributed by atoms with Gasteiger partial charge in [0.15, 0.2) is 0 Å². The molecule has 0 aromatic heterocycles. The smallest absolute Gasteiger partial charge is 0.307 e. The molecule has 0 aromatic carbocycles. The monoisotopic (exact) mass is 405 g/mol. The van der Waals surface area contributed by atoms with E-state index in [9.17, 15) is 14.7 Å². The SMILES string of the molecule is CCCCCCCCCCCCCCCCNC(=O)[C@@H]1[C@H](C(=O)O)[C@H]2C=C[C@H]1C2. The van der Waals surface area contributed by atoms with Gasteiger partial charge in [0.25, 0.3) is 0 Å². The van der Waals surface area contributed by atoms with E-state index in [1.807, 2.05) is 12.2 Å². The fraction of sp³-hybridized carbons (Fsp3) is 0.840. The zero-order valence-corrected chi connectivity index (χ0v) is 18.5. The van der Waals surface area contributed by atoms with Crippen molar-refractivity contribution in [3.8, 4) is 0 Å². The summed E-state index contributed by atoms with van der Waals surface area (Å²) in [6.45, 7) is 2.95. The summed E-state index contributed by atoms with van der Waals surface area (Å²) in [5.41, 5.74) is 0. The van der Waals surface area contributed by atoms with E-state index in [4.69, 9.17) is 0 Å². The standard InChI is InChI=1S/C25H43NO3/c1-2-3-4-5-6-7-8-9-10-11-12-13-14-15-18-26-24(27)22-20-16-17-21(19-20)23(22)25(28)29/h16-17,20-23H,2-15,18-19H2,1H3,(H,26,27)(H,28,29)/t20-,21-,22-,23+/m0/s1. The highest BCUT2D eigenvalue weighted by Gasteiger charge is 2.51. The van der Waals surface area contributed by atoms with E-state index in [-0.39, 0.29) is 23.7 Å². The molecule has 2 aliphatic carbocycles. The average Bonchev–Trinajstić information content (AvgIpc) is 3.32. The third-order valence-corrected chi connectivity index (χ3v) is 6.88. The van der Waals surface area contributed by atoms with Crippen LogP contribution in [0.4, 0.5) is 0 Å². The lowest BCUT2D eigenvalue weighted by Crippen LogP contribution is -2.40. The maximum Gasteiger partial charge on any atom is 0.307 e. The van der Waals surface area contributed by atoms with E-state index >= 15 is 0 Å². The normalized spacial score (nSPS) is 24.9. The van der Waals surface area contributed by atoms with Crippen molar-refractivity contribution in [1.82, 2.24) is 5.32 Å². The highest BCUT2D eigenvalue weighted by molar-refractivity contribution is 5.86. The van der Waals surface area contributed by atoms with Crippen LogP contribution in [0.3, 0.4) is 0 Å². The number of carbonyl (C=O) groups excluding carboxylic acids is 1. The second kappa shape index (κ2) is 13.8. The molecule has 0 radical (unpaired) electrons. The summed E-state index contributed by atoms with van der Waals surface area (Å²) in [5, 5.41) is 12.4. The van der Waals surface area contributed by atoms with E-state index in [1.54, 1.807) is 0 Å². The van der Waals surface area contributed by atoms with Crippen molar-refractivity contribution in [2.45, 2.75) is 103 Å². The van der Waals surface area contributed by atoms with Crippen LogP contribution in [0.5, 0.6) is 0 Å². The lowest BCUT2D eigenvalue weighted by atomic mass is 9.82. The second-order valence-corrected chi connectivity index (χ2v) is 9.23. The Hall–Kier alpha value is -1.32. The van der Waals surface area contributed by atoms with Crippen LogP contribution in [0, 0.1) is 23.7 Å². The maximum absolute atomic E-state index is 12.5. The van der Waals surface area contributed by atoms with E-state index < -0.39 is 11.9 Å². The first-order chi connectivity index (χ1) is 14.1. The fourth-order valence-corrected chi connectivity index (χ4v) is 5.17. The summed E-state index contributed by atoms with van der Waals surface area (Å²) in [4.78, 5) is 24.0. The number of carboxylic acids is 1. The molecule has 1 fully saturated rings. The molecule has 2 rings (SSSR count). The predicted molar refractivity (Wildman–Crippen MR) is 119 cm³/mol. The van der Waals surface area contributed by atoms with Crippen LogP contribution in [0.1, 0.15) is 103 Å². The molecule has 29 heavy (non-hydrogen) atoms. The first-order valence-electron chi connectivity index (χ1n) is 12.3. The number of amides is 1. The molecule has 4 nitrogen and oxygen atoms in total. The minimum Gasteiger partial charge on any atom is -0.481 e. The Kier molecular flexibility index (Phi) is 11.4. The number of aliphatic carboxylic acids is 1. The van der Waals surface area contributed by atoms with Gasteiger partial charge in [-0.15, -0.1) is 0 Å². The Labute approximate surface area is 177 Å². The van der Waals surface area contributed by atoms with Crippen molar-refractivity contribution in [3.05, 3.63) is 12.2 Å². The number of unbranched alkanes of at least 4 members (excludes halogenated alkanes) is 13. The van der Waals surface area contributed by atoms with Gasteiger partial charge in [0.05, 0.1) is 11.8 Å². The molecular weight excluding hydrogens is 362 g/mol. The number of hydrogen-bond acceptors (Lipinski definition) is 2. The third kappa shape index (κ3) is 8.14. The molecule has 2 aliphatic rings. The van der Waals surface area contributed by atoms with Gasteiger partial charge in [-0.2, -0.15) is 0 Å². The predicted octanol–water partition coefficient (Wildman–Crippen LogP) is 6.11. The van der Waals surface area contributed by atoms with Gasteiger partial charge in [-0.3, -0.25) is 9.59 Å². The van der Waals surface area contributed by atoms with Gasteiger partial charge < -0.3 is 10.4 Å². The van der Waals surface area contributed by atoms with Crippen LogP contribution in [0.25, 0.3) is 0 Å². The molecule has 0 aliphatic heterocycles. The number of rotatable bonds is 17. The van der Waals surface area contributed by atoms with E-state index in [0.717, 1.165) is 19.3 Å². The largest absolute Gasteiger partial charge is 0.481 e. The van der Waals surface area contributed by atoms with Crippen LogP contribution in [0.2, 0.25) is 0 Å². The van der Waals surface area contributed by atoms with Crippen molar-refractivity contribution in [3.63, 3.8) is 0 Å². The number of carboxylic acid groups (broad SMARTS) is 1. The first-order valence-corrected chi connectivity index (χ1v) is 12.3. The fourth-order valence-electron chi connectivity index (χ4n) is 5.17. The molecule has 2 N–H and O–H groups in total. The highest BCUT2D eigenvalue weighted by Crippen LogP contribution is 2.48. The molecule has 0 aromatic rings. The number of allylic oxidation sites excluding steroid dienone is 2. The van der Waals surface area contributed by atoms with Gasteiger partial charge in [0.1, 0.15) is 0 Å². The van der Waals surface area contributed by atoms with Crippen molar-refractivity contribution in [2.24, 2.45) is 23.7 Å². The number of carbonyl (C=O) groups is 2. The van der Waals surface area contributed by atoms with Crippen LogP contribution < -0.4 is 5.32 Å². The minimum absolute atomic E-state index is 0.0503. The minimum atomic E-state index is -0.821. The van der Waals surface area contributed by atoms with Gasteiger partial charge >= 0.3 is 5.97 Å². The van der Waals surface area contributed by atoms with E-state index in [2.05, 4.69) is 12.2 Å². The van der Waals surface area contributed by atoms with Crippen molar-refractivity contribution < 1.29 is 14.7 Å². The second-order valence-electron chi connectivity index (χ2n) is 9.23. The molecule has 0 heterocycles. The Morgan fingerprint density at radius 3 is 1.69 bits per heavy atom. The third-order valence-electron chi connectivity index (χ3n) is 6.88. The molecule has 4 atom stereocenters. The zero-order chi connectivity index (χ0) is 20.9. The topological polar surface area (TPSA) is 66.4 Å². The summed E-state index contributed by atoms with van der Waals surface area (Å²) < 4.78 is 0. The Bertz CT molecular complexity index is 516. The summed E-state index contributed by atoms with van der Waals surface area (Å²) in [7, 11) is 0. The average molecular weight is 406 g/mol. The van der Waals surface area contributed by atoms with Gasteiger partial charge in [-0.1, -0.05) is 103 Å². The zero-order valence-electron chi connectivity index (χ0n) is 18.5. The maximum atomic E-state index is 12.5. The van der Waals surface area contributed by atoms with Crippen molar-refractivity contribution in [1.29, 1.82) is 0 Å². The molecule has 4 heteroatoms. The first kappa shape index (κ1) is 24.0. The Balaban J connectivity index is 1.40. The number of hydrogen-bond donors (Lipinski definition) is 2. The van der Waals surface area contributed by atoms with E-state index in [1.165, 1.54) is 77.0 Å². The summed E-state index contributed by atoms with van der Waals surface area (Å²) >= 11 is 0. The molecular formula is C25H43NO3. The summed E-state index contributed by atoms with van der Waals surface area (Å²) in [5.74, 6) is -1.59. The van der Waals surface area contributed by atoms with Gasteiger partial charge in [-0.05, 0) is 24.7 Å². The molecule has 2 bridgehead atoms. The van der Waals surface area contributed by atoms with Crippen molar-refractivity contribution >= 4 is 11.9 Å².